The molecule has 1 heterocycles. The molecule has 1 aromatic heterocycles. The molecule has 0 saturated carbocycles. The first kappa shape index (κ1) is 19.1. The third-order valence-corrected chi connectivity index (χ3v) is 6.94. The van der Waals surface area contributed by atoms with Crippen molar-refractivity contribution < 1.29 is 4.79 Å². The van der Waals surface area contributed by atoms with E-state index in [0.29, 0.717) is 5.75 Å². The number of hydrogen-bond donors (Lipinski definition) is 0. The minimum atomic E-state index is 0.135. The standard InChI is InChI=1S/C26H24N2OS/c1-18(19-8-3-2-4-9-19)28-24-13-6-5-12-23(24)27-26(28)30-17-25(29)22-15-14-20-10-7-11-21(20)16-22/h2-6,8-9,12-16,18H,7,10-11,17H2,1H3/t18-/m1/s1. The lowest BCUT2D eigenvalue weighted by Gasteiger charge is -2.18. The third kappa shape index (κ3) is 3.56. The highest BCUT2D eigenvalue weighted by Gasteiger charge is 2.19. The summed E-state index contributed by atoms with van der Waals surface area (Å²) in [4.78, 5) is 17.8. The van der Waals surface area contributed by atoms with Gasteiger partial charge in [-0.25, -0.2) is 4.98 Å². The Morgan fingerprint density at radius 2 is 1.77 bits per heavy atom. The summed E-state index contributed by atoms with van der Waals surface area (Å²) in [5, 5.41) is 0.891. The minimum Gasteiger partial charge on any atom is -0.312 e. The Labute approximate surface area is 181 Å². The Balaban J connectivity index is 1.43. The Morgan fingerprint density at radius 3 is 2.63 bits per heavy atom. The molecule has 0 bridgehead atoms. The van der Waals surface area contributed by atoms with Gasteiger partial charge in [-0.3, -0.25) is 4.79 Å². The molecule has 0 aliphatic heterocycles. The number of carbonyl (C=O) groups excluding carboxylic acids is 1. The highest BCUT2D eigenvalue weighted by Crippen LogP contribution is 2.31. The molecule has 0 N–H and O–H groups in total. The summed E-state index contributed by atoms with van der Waals surface area (Å²) in [5.74, 6) is 0.560. The van der Waals surface area contributed by atoms with E-state index in [1.807, 2.05) is 30.3 Å². The molecule has 0 unspecified atom stereocenters. The van der Waals surface area contributed by atoms with E-state index >= 15 is 0 Å². The summed E-state index contributed by atoms with van der Waals surface area (Å²) >= 11 is 1.53. The van der Waals surface area contributed by atoms with E-state index in [9.17, 15) is 4.79 Å². The molecule has 5 rings (SSSR count). The monoisotopic (exact) mass is 412 g/mol. The zero-order chi connectivity index (χ0) is 20.5. The average molecular weight is 413 g/mol. The number of imidazole rings is 1. The van der Waals surface area contributed by atoms with E-state index in [2.05, 4.69) is 54.0 Å². The van der Waals surface area contributed by atoms with Gasteiger partial charge in [-0.05, 0) is 61.1 Å². The summed E-state index contributed by atoms with van der Waals surface area (Å²) in [6.45, 7) is 2.19. The molecule has 0 fully saturated rings. The van der Waals surface area contributed by atoms with Crippen molar-refractivity contribution >= 4 is 28.6 Å². The van der Waals surface area contributed by atoms with Crippen LogP contribution in [0, 0.1) is 0 Å². The first-order valence-electron chi connectivity index (χ1n) is 10.5. The van der Waals surface area contributed by atoms with Gasteiger partial charge in [0.15, 0.2) is 10.9 Å². The second-order valence-electron chi connectivity index (χ2n) is 7.89. The van der Waals surface area contributed by atoms with Crippen LogP contribution in [0.15, 0.2) is 78.0 Å². The van der Waals surface area contributed by atoms with Crippen molar-refractivity contribution in [1.29, 1.82) is 0 Å². The number of thioether (sulfide) groups is 1. The predicted molar refractivity (Wildman–Crippen MR) is 124 cm³/mol. The van der Waals surface area contributed by atoms with Crippen LogP contribution in [0.1, 0.15) is 46.4 Å². The van der Waals surface area contributed by atoms with Crippen molar-refractivity contribution in [2.75, 3.05) is 5.75 Å². The van der Waals surface area contributed by atoms with Crippen LogP contribution in [0.4, 0.5) is 0 Å². The molecule has 3 nitrogen and oxygen atoms in total. The number of Topliss-reactive ketones (excluding diaryl/α,β-unsaturated/α-hetero) is 1. The minimum absolute atomic E-state index is 0.135. The maximum Gasteiger partial charge on any atom is 0.173 e. The largest absolute Gasteiger partial charge is 0.312 e. The van der Waals surface area contributed by atoms with Crippen LogP contribution in [0.25, 0.3) is 11.0 Å². The fourth-order valence-corrected chi connectivity index (χ4v) is 5.32. The van der Waals surface area contributed by atoms with E-state index < -0.39 is 0 Å². The first-order chi connectivity index (χ1) is 14.7. The van der Waals surface area contributed by atoms with Crippen LogP contribution in [0.3, 0.4) is 0 Å². The quantitative estimate of drug-likeness (QED) is 0.283. The van der Waals surface area contributed by atoms with Crippen LogP contribution < -0.4 is 0 Å². The first-order valence-corrected chi connectivity index (χ1v) is 11.5. The fourth-order valence-electron chi connectivity index (χ4n) is 4.34. The van der Waals surface area contributed by atoms with Gasteiger partial charge in [0.1, 0.15) is 0 Å². The van der Waals surface area contributed by atoms with Crippen LogP contribution in [0.5, 0.6) is 0 Å². The smallest absolute Gasteiger partial charge is 0.173 e. The zero-order valence-corrected chi connectivity index (χ0v) is 17.9. The van der Waals surface area contributed by atoms with Gasteiger partial charge in [-0.15, -0.1) is 0 Å². The normalized spacial score (nSPS) is 14.0. The predicted octanol–water partition coefficient (Wildman–Crippen LogP) is 6.11. The fraction of sp³-hybridized carbons (Fsp3) is 0.231. The molecule has 0 spiro atoms. The zero-order valence-electron chi connectivity index (χ0n) is 17.0. The summed E-state index contributed by atoms with van der Waals surface area (Å²) in [7, 11) is 0. The molecular formula is C26H24N2OS. The Morgan fingerprint density at radius 1 is 1.00 bits per heavy atom. The van der Waals surface area contributed by atoms with Crippen molar-refractivity contribution in [3.05, 3.63) is 95.1 Å². The van der Waals surface area contributed by atoms with Crippen LogP contribution in [-0.4, -0.2) is 21.1 Å². The van der Waals surface area contributed by atoms with E-state index in [4.69, 9.17) is 4.98 Å². The van der Waals surface area contributed by atoms with Crippen molar-refractivity contribution in [3.63, 3.8) is 0 Å². The maximum absolute atomic E-state index is 12.9. The van der Waals surface area contributed by atoms with E-state index in [0.717, 1.165) is 34.6 Å². The highest BCUT2D eigenvalue weighted by atomic mass is 32.2. The van der Waals surface area contributed by atoms with Crippen molar-refractivity contribution in [3.8, 4) is 0 Å². The maximum atomic E-state index is 12.9. The second-order valence-corrected chi connectivity index (χ2v) is 8.83. The number of para-hydroxylation sites is 2. The number of aryl methyl sites for hydroxylation is 2. The van der Waals surface area contributed by atoms with Gasteiger partial charge >= 0.3 is 0 Å². The van der Waals surface area contributed by atoms with Crippen LogP contribution in [0.2, 0.25) is 0 Å². The van der Waals surface area contributed by atoms with E-state index in [1.54, 1.807) is 0 Å². The van der Waals surface area contributed by atoms with Gasteiger partial charge < -0.3 is 4.57 Å². The van der Waals surface area contributed by atoms with Gasteiger partial charge in [0, 0.05) is 5.56 Å². The van der Waals surface area contributed by atoms with Crippen LogP contribution >= 0.6 is 11.8 Å². The molecular weight excluding hydrogens is 388 g/mol. The second kappa shape index (κ2) is 8.11. The third-order valence-electron chi connectivity index (χ3n) is 5.99. The average Bonchev–Trinajstić information content (AvgIpc) is 3.41. The van der Waals surface area contributed by atoms with Gasteiger partial charge in [0.05, 0.1) is 22.8 Å². The lowest BCUT2D eigenvalue weighted by Crippen LogP contribution is -2.10. The SMILES string of the molecule is C[C@H](c1ccccc1)n1c(SCC(=O)c2ccc3c(c2)CCC3)nc2ccccc21. The van der Waals surface area contributed by atoms with Crippen molar-refractivity contribution in [2.24, 2.45) is 0 Å². The van der Waals surface area contributed by atoms with E-state index in [1.165, 1.54) is 34.9 Å². The number of rotatable bonds is 6. The Hall–Kier alpha value is -2.85. The molecule has 0 radical (unpaired) electrons. The summed E-state index contributed by atoms with van der Waals surface area (Å²) in [6, 6.07) is 25.0. The number of benzene rings is 3. The lowest BCUT2D eigenvalue weighted by molar-refractivity contribution is 0.102. The Bertz CT molecular complexity index is 1210. The molecule has 0 saturated heterocycles. The number of aromatic nitrogens is 2. The number of hydrogen-bond acceptors (Lipinski definition) is 3. The molecule has 3 aromatic carbocycles. The van der Waals surface area contributed by atoms with Crippen molar-refractivity contribution in [1.82, 2.24) is 9.55 Å². The van der Waals surface area contributed by atoms with Gasteiger partial charge in [0.25, 0.3) is 0 Å². The summed E-state index contributed by atoms with van der Waals surface area (Å²) in [5.41, 5.74) is 6.86. The van der Waals surface area contributed by atoms with Crippen LogP contribution in [-0.2, 0) is 12.8 Å². The van der Waals surface area contributed by atoms with Gasteiger partial charge in [0.2, 0.25) is 0 Å². The van der Waals surface area contributed by atoms with Crippen molar-refractivity contribution in [2.45, 2.75) is 37.4 Å². The summed E-state index contributed by atoms with van der Waals surface area (Å²) in [6.07, 6.45) is 3.43. The molecule has 4 heteroatoms. The molecule has 1 atom stereocenters. The topological polar surface area (TPSA) is 34.9 Å². The molecule has 1 aliphatic carbocycles. The molecule has 4 aromatic rings. The number of ketones is 1. The highest BCUT2D eigenvalue weighted by molar-refractivity contribution is 7.99. The number of nitrogens with zero attached hydrogens (tertiary/aromatic N) is 2. The Kier molecular flexibility index (Phi) is 5.17. The lowest BCUT2D eigenvalue weighted by atomic mass is 10.0. The molecule has 30 heavy (non-hydrogen) atoms. The number of carbonyl (C=O) groups is 1. The van der Waals surface area contributed by atoms with E-state index in [-0.39, 0.29) is 11.8 Å². The van der Waals surface area contributed by atoms with Gasteiger partial charge in [-0.2, -0.15) is 0 Å². The molecule has 150 valence electrons. The number of fused-ring (bicyclic) bond motifs is 2. The molecule has 1 aliphatic rings. The molecule has 0 amide bonds. The summed E-state index contributed by atoms with van der Waals surface area (Å²) < 4.78 is 2.26. The van der Waals surface area contributed by atoms with Gasteiger partial charge in [-0.1, -0.05) is 66.4 Å².